The van der Waals surface area contributed by atoms with E-state index in [0.717, 1.165) is 12.1 Å². The van der Waals surface area contributed by atoms with Gasteiger partial charge in [0.1, 0.15) is 59.2 Å². The minimum Gasteiger partial charge on any atom is -0.205 e. The Morgan fingerprint density at radius 2 is 1.09 bits per heavy atom. The lowest BCUT2D eigenvalue weighted by atomic mass is 9.91. The number of nitriles is 8. The van der Waals surface area contributed by atoms with Gasteiger partial charge in [-0.1, -0.05) is 0 Å². The van der Waals surface area contributed by atoms with Crippen molar-refractivity contribution >= 4 is 11.1 Å². The van der Waals surface area contributed by atoms with Crippen LogP contribution in [0.4, 0.5) is 13.2 Å². The van der Waals surface area contributed by atoms with Gasteiger partial charge in [0.15, 0.2) is 17.5 Å². The van der Waals surface area contributed by atoms with Crippen LogP contribution in [-0.2, 0) is 0 Å². The number of benzene rings is 2. The predicted molar refractivity (Wildman–Crippen MR) is 98.3 cm³/mol. The molecule has 0 spiro atoms. The van der Waals surface area contributed by atoms with Gasteiger partial charge in [0.05, 0.1) is 33.9 Å². The molecule has 0 aliphatic heterocycles. The molecular weight excluding hydrogens is 433 g/mol. The monoisotopic (exact) mass is 434 g/mol. The molecule has 11 heteroatoms. The van der Waals surface area contributed by atoms with Crippen LogP contribution in [0.15, 0.2) is 6.07 Å². The highest BCUT2D eigenvalue weighted by Gasteiger charge is 2.28. The Balaban J connectivity index is 3.46. The maximum atomic E-state index is 14.9. The summed E-state index contributed by atoms with van der Waals surface area (Å²) in [6.45, 7) is 0. The number of rotatable bonds is 1. The molecule has 0 unspecified atom stereocenters. The van der Waals surface area contributed by atoms with E-state index in [4.69, 9.17) is 21.0 Å². The average molecular weight is 434 g/mol. The van der Waals surface area contributed by atoms with Crippen LogP contribution in [0.1, 0.15) is 33.4 Å². The van der Waals surface area contributed by atoms with E-state index in [0.29, 0.717) is 0 Å². The number of hydrogen-bond acceptors (Lipinski definition) is 8. The third kappa shape index (κ3) is 3.40. The Labute approximate surface area is 182 Å². The summed E-state index contributed by atoms with van der Waals surface area (Å²) in [7, 11) is 0. The van der Waals surface area contributed by atoms with Gasteiger partial charge in [-0.25, -0.2) is 13.2 Å². The molecule has 0 radical (unpaired) electrons. The fourth-order valence-electron chi connectivity index (χ4n) is 2.93. The summed E-state index contributed by atoms with van der Waals surface area (Å²) >= 11 is 0. The predicted octanol–water partition coefficient (Wildman–Crippen LogP) is 1.38. The Hall–Kier alpha value is -6.11. The lowest BCUT2D eigenvalue weighted by Crippen LogP contribution is -2.26. The van der Waals surface area contributed by atoms with Crippen molar-refractivity contribution in [3.63, 3.8) is 0 Å². The first-order valence-electron chi connectivity index (χ1n) is 8.18. The topological polar surface area (TPSA) is 190 Å². The Morgan fingerprint density at radius 3 is 1.52 bits per heavy atom. The number of nitrogens with zero attached hydrogens (tertiary/aromatic N) is 8. The van der Waals surface area contributed by atoms with Crippen molar-refractivity contribution in [2.24, 2.45) is 0 Å². The second-order valence-electron chi connectivity index (χ2n) is 5.81. The SMILES string of the molecule is N#CC(C#N)=c1c(C#N)c/c(=C(\C#N)c2c(F)c(F)c(C#N)c(C#N)c2F)c(C#N)c1C#N. The molecule has 2 aromatic rings. The smallest absolute Gasteiger partial charge is 0.178 e. The third-order valence-corrected chi connectivity index (χ3v) is 4.32. The summed E-state index contributed by atoms with van der Waals surface area (Å²) in [4.78, 5) is 0. The van der Waals surface area contributed by atoms with E-state index < -0.39 is 72.4 Å². The number of hydrogen-bond donors (Lipinski definition) is 0. The van der Waals surface area contributed by atoms with Crippen LogP contribution in [0.5, 0.6) is 0 Å². The summed E-state index contributed by atoms with van der Waals surface area (Å²) in [5.41, 5.74) is -7.69. The van der Waals surface area contributed by atoms with Crippen LogP contribution in [0, 0.1) is 108 Å². The largest absolute Gasteiger partial charge is 0.205 e. The first-order valence-corrected chi connectivity index (χ1v) is 8.18. The lowest BCUT2D eigenvalue weighted by Gasteiger charge is -2.10. The van der Waals surface area contributed by atoms with E-state index >= 15 is 0 Å². The average Bonchev–Trinajstić information content (AvgIpc) is 2.83. The molecule has 0 fully saturated rings. The quantitative estimate of drug-likeness (QED) is 0.601. The van der Waals surface area contributed by atoms with Crippen LogP contribution >= 0.6 is 0 Å². The molecule has 2 aromatic carbocycles. The highest BCUT2D eigenvalue weighted by molar-refractivity contribution is 5.82. The van der Waals surface area contributed by atoms with E-state index in [1.807, 2.05) is 0 Å². The summed E-state index contributed by atoms with van der Waals surface area (Å²) in [6.07, 6.45) is 0. The van der Waals surface area contributed by atoms with Gasteiger partial charge in [-0.2, -0.15) is 42.1 Å². The van der Waals surface area contributed by atoms with Crippen molar-refractivity contribution in [2.75, 3.05) is 0 Å². The van der Waals surface area contributed by atoms with Crippen LogP contribution < -0.4 is 10.4 Å². The van der Waals surface area contributed by atoms with Crippen LogP contribution in [0.3, 0.4) is 0 Å². The molecule has 0 aliphatic carbocycles. The van der Waals surface area contributed by atoms with Gasteiger partial charge in [-0.3, -0.25) is 0 Å². The fourth-order valence-corrected chi connectivity index (χ4v) is 2.93. The second-order valence-corrected chi connectivity index (χ2v) is 5.81. The van der Waals surface area contributed by atoms with Crippen LogP contribution in [0.2, 0.25) is 0 Å². The molecule has 150 valence electrons. The Bertz CT molecular complexity index is 1710. The summed E-state index contributed by atoms with van der Waals surface area (Å²) in [5.74, 6) is -5.74. The zero-order valence-corrected chi connectivity index (χ0v) is 15.8. The van der Waals surface area contributed by atoms with E-state index in [9.17, 15) is 34.2 Å². The molecule has 0 atom stereocenters. The molecular formula is C22HF3N8. The van der Waals surface area contributed by atoms with Gasteiger partial charge >= 0.3 is 0 Å². The van der Waals surface area contributed by atoms with Crippen molar-refractivity contribution in [1.29, 1.82) is 42.1 Å². The minimum absolute atomic E-state index is 0.535. The standard InChI is InChI=1S/C22HF3N8/c23-20-16(8-32)17(9-33)21(24)22(25)19(20)14(6-30)12-1-10(2-26)18(11(3-27)4-28)15(7-31)13(12)5-29/h1H/b14-12-. The van der Waals surface area contributed by atoms with E-state index in [-0.39, 0.29) is 0 Å². The van der Waals surface area contributed by atoms with E-state index in [1.54, 1.807) is 6.07 Å². The van der Waals surface area contributed by atoms with Crippen molar-refractivity contribution < 1.29 is 13.2 Å². The number of halogens is 3. The van der Waals surface area contributed by atoms with Gasteiger partial charge < -0.3 is 0 Å². The molecule has 8 nitrogen and oxygen atoms in total. The van der Waals surface area contributed by atoms with Crippen molar-refractivity contribution in [2.45, 2.75) is 0 Å². The van der Waals surface area contributed by atoms with Gasteiger partial charge in [-0.05, 0) is 6.07 Å². The van der Waals surface area contributed by atoms with Gasteiger partial charge in [0, 0.05) is 10.4 Å². The maximum absolute atomic E-state index is 14.9. The van der Waals surface area contributed by atoms with Crippen molar-refractivity contribution in [3.05, 3.63) is 67.3 Å². The first-order chi connectivity index (χ1) is 15.8. The summed E-state index contributed by atoms with van der Waals surface area (Å²) in [5, 5.41) is 73.2. The molecule has 0 N–H and O–H groups in total. The fraction of sp³-hybridized carbons (Fsp3) is 0. The van der Waals surface area contributed by atoms with E-state index in [2.05, 4.69) is 0 Å². The van der Waals surface area contributed by atoms with Gasteiger partial charge in [-0.15, -0.1) is 0 Å². The van der Waals surface area contributed by atoms with Crippen LogP contribution in [-0.4, -0.2) is 0 Å². The van der Waals surface area contributed by atoms with Crippen molar-refractivity contribution in [1.82, 2.24) is 0 Å². The summed E-state index contributed by atoms with van der Waals surface area (Å²) < 4.78 is 44.0. The molecule has 0 aliphatic rings. The van der Waals surface area contributed by atoms with E-state index in [1.165, 1.54) is 36.4 Å². The lowest BCUT2D eigenvalue weighted by molar-refractivity contribution is 0.488. The van der Waals surface area contributed by atoms with Crippen LogP contribution in [0.25, 0.3) is 11.1 Å². The molecule has 0 saturated heterocycles. The van der Waals surface area contributed by atoms with Gasteiger partial charge in [0.25, 0.3) is 0 Å². The Morgan fingerprint density at radius 1 is 0.576 bits per heavy atom. The first kappa shape index (κ1) is 23.2. The molecule has 2 rings (SSSR count). The minimum atomic E-state index is -2.02. The normalized spacial score (nSPS) is 9.91. The third-order valence-electron chi connectivity index (χ3n) is 4.32. The maximum Gasteiger partial charge on any atom is 0.178 e. The molecule has 0 bridgehead atoms. The highest BCUT2D eigenvalue weighted by Crippen LogP contribution is 2.28. The molecule has 0 heterocycles. The molecule has 0 aromatic heterocycles. The van der Waals surface area contributed by atoms with Crippen molar-refractivity contribution in [3.8, 4) is 48.6 Å². The zero-order valence-electron chi connectivity index (χ0n) is 15.8. The highest BCUT2D eigenvalue weighted by atomic mass is 19.2. The van der Waals surface area contributed by atoms with Gasteiger partial charge in [0.2, 0.25) is 0 Å². The molecule has 33 heavy (non-hydrogen) atoms. The zero-order chi connectivity index (χ0) is 24.9. The summed E-state index contributed by atoms with van der Waals surface area (Å²) in [6, 6.07) is 11.9. The second kappa shape index (κ2) is 9.14. The Kier molecular flexibility index (Phi) is 6.42. The molecule has 0 amide bonds. The molecule has 0 saturated carbocycles.